The minimum absolute atomic E-state index is 0.00337. The van der Waals surface area contributed by atoms with Crippen LogP contribution in [0.25, 0.3) is 0 Å². The average molecular weight is 426 g/mol. The van der Waals surface area contributed by atoms with Crippen molar-refractivity contribution in [2.75, 3.05) is 19.7 Å². The molecule has 0 aliphatic carbocycles. The molecule has 1 aromatic carbocycles. The minimum atomic E-state index is -1.03. The van der Waals surface area contributed by atoms with E-state index in [-0.39, 0.29) is 34.7 Å². The first-order valence-electron chi connectivity index (χ1n) is 8.65. The molecule has 2 atom stereocenters. The second-order valence-electron chi connectivity index (χ2n) is 5.81. The van der Waals surface area contributed by atoms with Gasteiger partial charge in [0.1, 0.15) is 11.3 Å². The summed E-state index contributed by atoms with van der Waals surface area (Å²) >= 11 is 11.9. The van der Waals surface area contributed by atoms with Crippen molar-refractivity contribution in [2.45, 2.75) is 19.1 Å². The summed E-state index contributed by atoms with van der Waals surface area (Å²) in [5.41, 5.74) is 0.532. The lowest BCUT2D eigenvalue weighted by Crippen LogP contribution is -2.46. The van der Waals surface area contributed by atoms with E-state index >= 15 is 0 Å². The van der Waals surface area contributed by atoms with Gasteiger partial charge in [-0.25, -0.2) is 4.98 Å². The summed E-state index contributed by atoms with van der Waals surface area (Å²) in [5.74, 6) is -0.846. The summed E-state index contributed by atoms with van der Waals surface area (Å²) in [6, 6.07) is 10.1. The number of nitrogens with one attached hydrogen (secondary N) is 2. The van der Waals surface area contributed by atoms with Gasteiger partial charge in [0.2, 0.25) is 0 Å². The Morgan fingerprint density at radius 1 is 1.11 bits per heavy atom. The molecule has 1 heterocycles. The lowest BCUT2D eigenvalue weighted by molar-refractivity contribution is -0.0287. The minimum Gasteiger partial charge on any atom is -0.388 e. The Labute approximate surface area is 173 Å². The Bertz CT molecular complexity index is 785. The zero-order valence-corrected chi connectivity index (χ0v) is 16.7. The summed E-state index contributed by atoms with van der Waals surface area (Å²) in [5, 5.41) is 15.8. The standard InChI is InChI=1S/C19H21Cl2N3O4/c1-2-28-15(11-24-19(27)16-13(20)8-9-22-17(16)21)14(25)10-23-18(26)12-6-4-3-5-7-12/h3-9,14-15,25H,2,10-11H2,1H3,(H,23,26)(H,24,27)/t14-,15+/m0/s1. The first kappa shape index (κ1) is 22.1. The number of nitrogens with zero attached hydrogens (tertiary/aromatic N) is 1. The number of pyridine rings is 1. The quantitative estimate of drug-likeness (QED) is 0.535. The van der Waals surface area contributed by atoms with Crippen LogP contribution in [0.1, 0.15) is 27.6 Å². The maximum atomic E-state index is 12.3. The molecule has 0 aliphatic heterocycles. The first-order valence-corrected chi connectivity index (χ1v) is 9.40. The summed E-state index contributed by atoms with van der Waals surface area (Å²) in [6.07, 6.45) is -0.379. The molecule has 0 unspecified atom stereocenters. The van der Waals surface area contributed by atoms with Crippen LogP contribution in [0.5, 0.6) is 0 Å². The van der Waals surface area contributed by atoms with Gasteiger partial charge in [0.05, 0.1) is 16.7 Å². The van der Waals surface area contributed by atoms with Crippen LogP contribution >= 0.6 is 23.2 Å². The maximum absolute atomic E-state index is 12.3. The molecule has 3 N–H and O–H groups in total. The molecule has 28 heavy (non-hydrogen) atoms. The second-order valence-corrected chi connectivity index (χ2v) is 6.57. The number of aliphatic hydroxyl groups excluding tert-OH is 1. The highest BCUT2D eigenvalue weighted by atomic mass is 35.5. The molecule has 2 rings (SSSR count). The van der Waals surface area contributed by atoms with E-state index in [4.69, 9.17) is 27.9 Å². The van der Waals surface area contributed by atoms with Gasteiger partial charge in [-0.05, 0) is 25.1 Å². The largest absolute Gasteiger partial charge is 0.388 e. The lowest BCUT2D eigenvalue weighted by atomic mass is 10.1. The van der Waals surface area contributed by atoms with Gasteiger partial charge < -0.3 is 20.5 Å². The van der Waals surface area contributed by atoms with E-state index in [9.17, 15) is 14.7 Å². The molecule has 2 amide bonds. The van der Waals surface area contributed by atoms with Crippen molar-refractivity contribution < 1.29 is 19.4 Å². The summed E-state index contributed by atoms with van der Waals surface area (Å²) < 4.78 is 5.49. The number of aromatic nitrogens is 1. The van der Waals surface area contributed by atoms with E-state index in [1.54, 1.807) is 37.3 Å². The molecule has 0 radical (unpaired) electrons. The first-order chi connectivity index (χ1) is 13.4. The highest BCUT2D eigenvalue weighted by Crippen LogP contribution is 2.21. The normalized spacial score (nSPS) is 12.9. The molecule has 1 aromatic heterocycles. The Morgan fingerprint density at radius 2 is 1.79 bits per heavy atom. The number of ether oxygens (including phenoxy) is 1. The number of benzene rings is 1. The second kappa shape index (κ2) is 11.0. The van der Waals surface area contributed by atoms with Crippen LogP contribution in [0.15, 0.2) is 42.6 Å². The van der Waals surface area contributed by atoms with Crippen LogP contribution in [0.3, 0.4) is 0 Å². The van der Waals surface area contributed by atoms with Crippen molar-refractivity contribution in [3.8, 4) is 0 Å². The highest BCUT2D eigenvalue weighted by molar-refractivity contribution is 6.38. The molecule has 9 heteroatoms. The molecule has 2 aromatic rings. The average Bonchev–Trinajstić information content (AvgIpc) is 2.69. The van der Waals surface area contributed by atoms with Gasteiger partial charge in [0.25, 0.3) is 11.8 Å². The predicted molar refractivity (Wildman–Crippen MR) is 107 cm³/mol. The van der Waals surface area contributed by atoms with Crippen LogP contribution in [-0.4, -0.2) is 53.8 Å². The van der Waals surface area contributed by atoms with Gasteiger partial charge in [-0.3, -0.25) is 9.59 Å². The topological polar surface area (TPSA) is 101 Å². The van der Waals surface area contributed by atoms with Crippen LogP contribution < -0.4 is 10.6 Å². The molecule has 0 aliphatic rings. The van der Waals surface area contributed by atoms with Crippen LogP contribution in [-0.2, 0) is 4.74 Å². The van der Waals surface area contributed by atoms with Gasteiger partial charge >= 0.3 is 0 Å². The maximum Gasteiger partial charge on any atom is 0.256 e. The Balaban J connectivity index is 1.92. The highest BCUT2D eigenvalue weighted by Gasteiger charge is 2.23. The summed E-state index contributed by atoms with van der Waals surface area (Å²) in [7, 11) is 0. The summed E-state index contributed by atoms with van der Waals surface area (Å²) in [6.45, 7) is 2.04. The monoisotopic (exact) mass is 425 g/mol. The van der Waals surface area contributed by atoms with E-state index in [2.05, 4.69) is 15.6 Å². The van der Waals surface area contributed by atoms with Crippen LogP contribution in [0.4, 0.5) is 0 Å². The third-order valence-electron chi connectivity index (χ3n) is 3.86. The molecule has 0 saturated heterocycles. The number of carbonyl (C=O) groups excluding carboxylic acids is 2. The molecule has 0 saturated carbocycles. The number of carbonyl (C=O) groups is 2. The SMILES string of the molecule is CCO[C@H](CNC(=O)c1c(Cl)ccnc1Cl)[C@@H](O)CNC(=O)c1ccccc1. The van der Waals surface area contributed by atoms with Crippen molar-refractivity contribution in [1.29, 1.82) is 0 Å². The molecular weight excluding hydrogens is 405 g/mol. The smallest absolute Gasteiger partial charge is 0.256 e. The van der Waals surface area contributed by atoms with Crippen molar-refractivity contribution in [3.05, 3.63) is 63.9 Å². The summed E-state index contributed by atoms with van der Waals surface area (Å²) in [4.78, 5) is 28.3. The van der Waals surface area contributed by atoms with Crippen molar-refractivity contribution >= 4 is 35.0 Å². The fourth-order valence-electron chi connectivity index (χ4n) is 2.44. The van der Waals surface area contributed by atoms with Crippen LogP contribution in [0.2, 0.25) is 10.2 Å². The molecule has 0 fully saturated rings. The predicted octanol–water partition coefficient (Wildman–Crippen LogP) is 2.31. The molecule has 7 nitrogen and oxygen atoms in total. The van der Waals surface area contributed by atoms with Crippen LogP contribution in [0, 0.1) is 0 Å². The Kier molecular flexibility index (Phi) is 8.66. The fraction of sp³-hybridized carbons (Fsp3) is 0.316. The third kappa shape index (κ3) is 6.17. The zero-order valence-electron chi connectivity index (χ0n) is 15.2. The molecule has 150 valence electrons. The lowest BCUT2D eigenvalue weighted by Gasteiger charge is -2.23. The van der Waals surface area contributed by atoms with Gasteiger partial charge in [0.15, 0.2) is 0 Å². The number of hydrogen-bond acceptors (Lipinski definition) is 5. The number of hydrogen-bond donors (Lipinski definition) is 3. The van der Waals surface area contributed by atoms with Gasteiger partial charge in [-0.2, -0.15) is 0 Å². The van der Waals surface area contributed by atoms with E-state index in [0.29, 0.717) is 12.2 Å². The van der Waals surface area contributed by atoms with E-state index < -0.39 is 18.1 Å². The van der Waals surface area contributed by atoms with E-state index in [1.807, 2.05) is 0 Å². The number of halogens is 2. The number of amides is 2. The Morgan fingerprint density at radius 3 is 2.43 bits per heavy atom. The molecule has 0 spiro atoms. The van der Waals surface area contributed by atoms with Crippen molar-refractivity contribution in [1.82, 2.24) is 15.6 Å². The molecule has 0 bridgehead atoms. The number of rotatable bonds is 9. The number of aliphatic hydroxyl groups is 1. The van der Waals surface area contributed by atoms with E-state index in [1.165, 1.54) is 12.3 Å². The Hall–Kier alpha value is -2.19. The third-order valence-corrected chi connectivity index (χ3v) is 4.46. The van der Waals surface area contributed by atoms with Crippen molar-refractivity contribution in [2.24, 2.45) is 0 Å². The van der Waals surface area contributed by atoms with Gasteiger partial charge in [-0.1, -0.05) is 41.4 Å². The van der Waals surface area contributed by atoms with Crippen molar-refractivity contribution in [3.63, 3.8) is 0 Å². The van der Waals surface area contributed by atoms with E-state index in [0.717, 1.165) is 0 Å². The molecular formula is C19H21Cl2N3O4. The van der Waals surface area contributed by atoms with Gasteiger partial charge in [0, 0.05) is 31.5 Å². The zero-order chi connectivity index (χ0) is 20.5. The fourth-order valence-corrected chi connectivity index (χ4v) is 2.96. The van der Waals surface area contributed by atoms with Gasteiger partial charge in [-0.15, -0.1) is 0 Å².